The average Bonchev–Trinajstić information content (AvgIpc) is 2.96. The lowest BCUT2D eigenvalue weighted by Crippen LogP contribution is -2.24. The molecular weight excluding hydrogens is 259 g/mol. The minimum absolute atomic E-state index is 0.00657. The van der Waals surface area contributed by atoms with Gasteiger partial charge in [-0.3, -0.25) is 4.90 Å². The van der Waals surface area contributed by atoms with E-state index in [1.54, 1.807) is 12.3 Å². The Labute approximate surface area is 116 Å². The molecule has 1 aromatic heterocycles. The Morgan fingerprint density at radius 1 is 1.50 bits per heavy atom. The number of hydrogen-bond acceptors (Lipinski definition) is 4. The first-order valence-corrected chi connectivity index (χ1v) is 6.70. The topological polar surface area (TPSA) is 49.5 Å². The number of aryl methyl sites for hydroxylation is 1. The summed E-state index contributed by atoms with van der Waals surface area (Å²) in [5, 5.41) is 9.90. The van der Waals surface area contributed by atoms with Gasteiger partial charge in [-0.05, 0) is 31.0 Å². The first kappa shape index (κ1) is 13.3. The summed E-state index contributed by atoms with van der Waals surface area (Å²) >= 11 is 0. The number of oxazole rings is 1. The van der Waals surface area contributed by atoms with Crippen molar-refractivity contribution in [2.24, 2.45) is 0 Å². The first-order chi connectivity index (χ1) is 9.61. The summed E-state index contributed by atoms with van der Waals surface area (Å²) in [6.07, 6.45) is 1.88. The number of benzene rings is 1. The van der Waals surface area contributed by atoms with Crippen molar-refractivity contribution in [3.63, 3.8) is 0 Å². The van der Waals surface area contributed by atoms with Crippen molar-refractivity contribution in [3.8, 4) is 0 Å². The molecule has 0 radical (unpaired) electrons. The Hall–Kier alpha value is -1.72. The average molecular weight is 276 g/mol. The third-order valence-corrected chi connectivity index (χ3v) is 3.62. The molecule has 5 heteroatoms. The van der Waals surface area contributed by atoms with Gasteiger partial charge in [0.2, 0.25) is 5.89 Å². The van der Waals surface area contributed by atoms with Crippen LogP contribution in [-0.2, 0) is 6.54 Å². The lowest BCUT2D eigenvalue weighted by molar-refractivity contribution is 0.167. The van der Waals surface area contributed by atoms with E-state index in [4.69, 9.17) is 4.42 Å². The van der Waals surface area contributed by atoms with Crippen molar-refractivity contribution in [2.75, 3.05) is 6.54 Å². The highest BCUT2D eigenvalue weighted by Crippen LogP contribution is 2.33. The van der Waals surface area contributed by atoms with Crippen LogP contribution in [0.15, 0.2) is 34.9 Å². The van der Waals surface area contributed by atoms with E-state index in [0.29, 0.717) is 25.4 Å². The van der Waals surface area contributed by atoms with Gasteiger partial charge in [0.25, 0.3) is 0 Å². The van der Waals surface area contributed by atoms with Gasteiger partial charge in [0.05, 0.1) is 18.8 Å². The maximum Gasteiger partial charge on any atom is 0.208 e. The highest BCUT2D eigenvalue weighted by atomic mass is 19.1. The van der Waals surface area contributed by atoms with Gasteiger partial charge in [-0.15, -0.1) is 0 Å². The molecule has 106 valence electrons. The van der Waals surface area contributed by atoms with Gasteiger partial charge >= 0.3 is 0 Å². The fourth-order valence-corrected chi connectivity index (χ4v) is 2.76. The zero-order chi connectivity index (χ0) is 14.1. The molecule has 2 atom stereocenters. The molecule has 0 unspecified atom stereocenters. The van der Waals surface area contributed by atoms with E-state index in [2.05, 4.69) is 9.88 Å². The van der Waals surface area contributed by atoms with Gasteiger partial charge in [0.15, 0.2) is 0 Å². The predicted octanol–water partition coefficient (Wildman–Crippen LogP) is 2.43. The van der Waals surface area contributed by atoms with Crippen LogP contribution in [0, 0.1) is 12.7 Å². The number of nitrogens with zero attached hydrogens (tertiary/aromatic N) is 2. The van der Waals surface area contributed by atoms with Crippen LogP contribution in [0.2, 0.25) is 0 Å². The summed E-state index contributed by atoms with van der Waals surface area (Å²) in [5.74, 6) is 1.14. The molecular formula is C15H17FN2O2. The van der Waals surface area contributed by atoms with E-state index < -0.39 is 6.10 Å². The molecule has 20 heavy (non-hydrogen) atoms. The lowest BCUT2D eigenvalue weighted by Gasteiger charge is -2.22. The van der Waals surface area contributed by atoms with E-state index in [-0.39, 0.29) is 11.9 Å². The molecule has 1 N–H and O–H groups in total. The van der Waals surface area contributed by atoms with Crippen molar-refractivity contribution in [3.05, 3.63) is 53.5 Å². The number of halogens is 1. The Bertz CT molecular complexity index is 599. The fraction of sp³-hybridized carbons (Fsp3) is 0.400. The standard InChI is InChI=1S/C15H17FN2O2/c1-10-7-17-15(20-10)9-18-8-13(19)6-14(18)11-3-2-4-12(16)5-11/h2-5,7,13-14,19H,6,8-9H2,1H3/t13-,14+/m0/s1. The Kier molecular flexibility index (Phi) is 3.54. The molecule has 1 aliphatic rings. The smallest absolute Gasteiger partial charge is 0.208 e. The number of likely N-dealkylation sites (tertiary alicyclic amines) is 1. The van der Waals surface area contributed by atoms with Crippen LogP contribution < -0.4 is 0 Å². The molecule has 0 amide bonds. The van der Waals surface area contributed by atoms with E-state index in [0.717, 1.165) is 11.3 Å². The van der Waals surface area contributed by atoms with Gasteiger partial charge in [-0.2, -0.15) is 0 Å². The maximum absolute atomic E-state index is 13.4. The number of aromatic nitrogens is 1. The fourth-order valence-electron chi connectivity index (χ4n) is 2.76. The summed E-state index contributed by atoms with van der Waals surface area (Å²) in [5.41, 5.74) is 0.879. The van der Waals surface area contributed by atoms with Crippen molar-refractivity contribution < 1.29 is 13.9 Å². The third-order valence-electron chi connectivity index (χ3n) is 3.62. The summed E-state index contributed by atoms with van der Waals surface area (Å²) in [6, 6.07) is 6.53. The molecule has 1 fully saturated rings. The molecule has 2 aromatic rings. The second-order valence-electron chi connectivity index (χ2n) is 5.25. The Morgan fingerprint density at radius 3 is 3.05 bits per heavy atom. The molecule has 0 spiro atoms. The number of β-amino-alcohol motifs (C(OH)–C–C–N with tert-alkyl or cyclic N) is 1. The van der Waals surface area contributed by atoms with Crippen LogP contribution in [0.4, 0.5) is 4.39 Å². The predicted molar refractivity (Wildman–Crippen MR) is 71.4 cm³/mol. The van der Waals surface area contributed by atoms with E-state index in [1.165, 1.54) is 12.1 Å². The van der Waals surface area contributed by atoms with Gasteiger partial charge < -0.3 is 9.52 Å². The monoisotopic (exact) mass is 276 g/mol. The number of aliphatic hydroxyl groups excluding tert-OH is 1. The molecule has 0 bridgehead atoms. The molecule has 3 rings (SSSR count). The van der Waals surface area contributed by atoms with Gasteiger partial charge in [-0.1, -0.05) is 12.1 Å². The third kappa shape index (κ3) is 2.73. The lowest BCUT2D eigenvalue weighted by atomic mass is 10.0. The molecule has 1 aromatic carbocycles. The van der Waals surface area contributed by atoms with Crippen LogP contribution in [0.1, 0.15) is 29.7 Å². The summed E-state index contributed by atoms with van der Waals surface area (Å²) in [4.78, 5) is 6.26. The molecule has 0 aliphatic carbocycles. The zero-order valence-electron chi connectivity index (χ0n) is 11.3. The largest absolute Gasteiger partial charge is 0.445 e. The van der Waals surface area contributed by atoms with Crippen LogP contribution in [0.3, 0.4) is 0 Å². The van der Waals surface area contributed by atoms with E-state index in [9.17, 15) is 9.50 Å². The molecule has 2 heterocycles. The zero-order valence-corrected chi connectivity index (χ0v) is 11.3. The van der Waals surface area contributed by atoms with E-state index >= 15 is 0 Å². The van der Waals surface area contributed by atoms with E-state index in [1.807, 2.05) is 13.0 Å². The minimum atomic E-state index is -0.403. The second-order valence-corrected chi connectivity index (χ2v) is 5.25. The first-order valence-electron chi connectivity index (χ1n) is 6.70. The molecule has 1 saturated heterocycles. The number of rotatable bonds is 3. The number of hydrogen-bond donors (Lipinski definition) is 1. The molecule has 0 saturated carbocycles. The van der Waals surface area contributed by atoms with Crippen molar-refractivity contribution in [1.29, 1.82) is 0 Å². The van der Waals surface area contributed by atoms with Crippen LogP contribution >= 0.6 is 0 Å². The minimum Gasteiger partial charge on any atom is -0.445 e. The van der Waals surface area contributed by atoms with Crippen LogP contribution in [-0.4, -0.2) is 27.6 Å². The quantitative estimate of drug-likeness (QED) is 0.935. The van der Waals surface area contributed by atoms with Crippen molar-refractivity contribution >= 4 is 0 Å². The van der Waals surface area contributed by atoms with Crippen molar-refractivity contribution in [1.82, 2.24) is 9.88 Å². The van der Waals surface area contributed by atoms with Gasteiger partial charge in [-0.25, -0.2) is 9.37 Å². The normalized spacial score (nSPS) is 23.4. The van der Waals surface area contributed by atoms with Crippen molar-refractivity contribution in [2.45, 2.75) is 32.0 Å². The summed E-state index contributed by atoms with van der Waals surface area (Å²) in [7, 11) is 0. The maximum atomic E-state index is 13.4. The molecule has 4 nitrogen and oxygen atoms in total. The van der Waals surface area contributed by atoms with Crippen LogP contribution in [0.5, 0.6) is 0 Å². The highest BCUT2D eigenvalue weighted by Gasteiger charge is 2.32. The SMILES string of the molecule is Cc1cnc(CN2C[C@@H](O)C[C@@H]2c2cccc(F)c2)o1. The van der Waals surface area contributed by atoms with Gasteiger partial charge in [0, 0.05) is 12.6 Å². The number of aliphatic hydroxyl groups is 1. The second kappa shape index (κ2) is 5.34. The Morgan fingerprint density at radius 2 is 2.35 bits per heavy atom. The Balaban J connectivity index is 1.81. The summed E-state index contributed by atoms with van der Waals surface area (Å²) < 4.78 is 18.8. The van der Waals surface area contributed by atoms with Gasteiger partial charge in [0.1, 0.15) is 11.6 Å². The summed E-state index contributed by atoms with van der Waals surface area (Å²) in [6.45, 7) is 2.91. The highest BCUT2D eigenvalue weighted by molar-refractivity contribution is 5.21. The van der Waals surface area contributed by atoms with Crippen LogP contribution in [0.25, 0.3) is 0 Å². The molecule has 1 aliphatic heterocycles.